The van der Waals surface area contributed by atoms with Gasteiger partial charge in [0.15, 0.2) is 0 Å². The molecular formula is C19H18F2N2O3S. The molecule has 0 spiro atoms. The summed E-state index contributed by atoms with van der Waals surface area (Å²) in [5, 5.41) is 0. The summed E-state index contributed by atoms with van der Waals surface area (Å²) >= 11 is 0. The highest BCUT2D eigenvalue weighted by atomic mass is 32.2. The summed E-state index contributed by atoms with van der Waals surface area (Å²) in [6.45, 7) is 0.480. The maximum absolute atomic E-state index is 13.8. The molecule has 1 aliphatic rings. The van der Waals surface area contributed by atoms with Crippen LogP contribution in [-0.2, 0) is 14.8 Å². The Morgan fingerprint density at radius 3 is 2.11 bits per heavy atom. The standard InChI is InChI=1S/C19H18F2N2O3S/c20-16-6-2-1-5-15(16)9-10-19(24)22-11-13-23(14-12-22)27(25,26)18-8-4-3-7-17(18)21/h1-10H,11-14H2/b10-9+. The van der Waals surface area contributed by atoms with E-state index in [2.05, 4.69) is 0 Å². The summed E-state index contributed by atoms with van der Waals surface area (Å²) in [5.74, 6) is -1.56. The fourth-order valence-corrected chi connectivity index (χ4v) is 4.31. The molecule has 0 aliphatic carbocycles. The molecule has 0 bridgehead atoms. The third-order valence-electron chi connectivity index (χ3n) is 4.32. The largest absolute Gasteiger partial charge is 0.337 e. The Labute approximate surface area is 156 Å². The molecule has 142 valence electrons. The molecule has 0 atom stereocenters. The van der Waals surface area contributed by atoms with E-state index < -0.39 is 21.7 Å². The Morgan fingerprint density at radius 2 is 1.48 bits per heavy atom. The van der Waals surface area contributed by atoms with Crippen LogP contribution in [0.25, 0.3) is 6.08 Å². The second-order valence-corrected chi connectivity index (χ2v) is 7.92. The van der Waals surface area contributed by atoms with E-state index in [0.717, 1.165) is 10.4 Å². The lowest BCUT2D eigenvalue weighted by Crippen LogP contribution is -2.50. The molecular weight excluding hydrogens is 374 g/mol. The Morgan fingerprint density at radius 1 is 0.889 bits per heavy atom. The van der Waals surface area contributed by atoms with Crippen LogP contribution in [0.15, 0.2) is 59.5 Å². The highest BCUT2D eigenvalue weighted by Crippen LogP contribution is 2.20. The van der Waals surface area contributed by atoms with Crippen LogP contribution in [0.5, 0.6) is 0 Å². The first-order valence-corrected chi connectivity index (χ1v) is 9.80. The van der Waals surface area contributed by atoms with Crippen LogP contribution < -0.4 is 0 Å². The molecule has 1 fully saturated rings. The molecule has 0 saturated carbocycles. The van der Waals surface area contributed by atoms with Crippen LogP contribution in [0.2, 0.25) is 0 Å². The fourth-order valence-electron chi connectivity index (χ4n) is 2.82. The first kappa shape index (κ1) is 19.2. The highest BCUT2D eigenvalue weighted by Gasteiger charge is 2.31. The van der Waals surface area contributed by atoms with Crippen LogP contribution in [0.4, 0.5) is 8.78 Å². The van der Waals surface area contributed by atoms with Crippen LogP contribution in [0.3, 0.4) is 0 Å². The first-order valence-electron chi connectivity index (χ1n) is 8.36. The Hall–Kier alpha value is -2.58. The molecule has 0 aromatic heterocycles. The Balaban J connectivity index is 1.64. The molecule has 1 saturated heterocycles. The number of nitrogens with zero attached hydrogens (tertiary/aromatic N) is 2. The van der Waals surface area contributed by atoms with Gasteiger partial charge in [-0.3, -0.25) is 4.79 Å². The van der Waals surface area contributed by atoms with Crippen LogP contribution in [0, 0.1) is 11.6 Å². The van der Waals surface area contributed by atoms with Crippen molar-refractivity contribution in [3.8, 4) is 0 Å². The van der Waals surface area contributed by atoms with Gasteiger partial charge in [-0.1, -0.05) is 30.3 Å². The maximum Gasteiger partial charge on any atom is 0.246 e. The maximum atomic E-state index is 13.8. The van der Waals surface area contributed by atoms with Crippen molar-refractivity contribution in [1.29, 1.82) is 0 Å². The molecule has 5 nitrogen and oxygen atoms in total. The van der Waals surface area contributed by atoms with Gasteiger partial charge in [-0.25, -0.2) is 17.2 Å². The second kappa shape index (κ2) is 7.98. The van der Waals surface area contributed by atoms with Crippen molar-refractivity contribution >= 4 is 22.0 Å². The van der Waals surface area contributed by atoms with Gasteiger partial charge in [0.1, 0.15) is 16.5 Å². The van der Waals surface area contributed by atoms with E-state index in [0.29, 0.717) is 5.56 Å². The Kier molecular flexibility index (Phi) is 5.67. The topological polar surface area (TPSA) is 57.7 Å². The zero-order chi connectivity index (χ0) is 19.4. The zero-order valence-corrected chi connectivity index (χ0v) is 15.2. The van der Waals surface area contributed by atoms with Gasteiger partial charge in [-0.15, -0.1) is 0 Å². The molecule has 0 unspecified atom stereocenters. The molecule has 27 heavy (non-hydrogen) atoms. The average molecular weight is 392 g/mol. The van der Waals surface area contributed by atoms with Gasteiger partial charge in [-0.2, -0.15) is 4.31 Å². The monoisotopic (exact) mass is 392 g/mol. The van der Waals surface area contributed by atoms with Crippen molar-refractivity contribution in [3.05, 3.63) is 71.8 Å². The number of sulfonamides is 1. The van der Waals surface area contributed by atoms with Gasteiger partial charge in [0.25, 0.3) is 0 Å². The zero-order valence-electron chi connectivity index (χ0n) is 14.4. The number of halogens is 2. The molecule has 0 radical (unpaired) electrons. The number of hydrogen-bond acceptors (Lipinski definition) is 3. The quantitative estimate of drug-likeness (QED) is 0.752. The van der Waals surface area contributed by atoms with Gasteiger partial charge < -0.3 is 4.90 Å². The minimum atomic E-state index is -3.95. The van der Waals surface area contributed by atoms with Crippen LogP contribution >= 0.6 is 0 Å². The average Bonchev–Trinajstić information content (AvgIpc) is 2.67. The fraction of sp³-hybridized carbons (Fsp3) is 0.211. The number of hydrogen-bond donors (Lipinski definition) is 0. The minimum Gasteiger partial charge on any atom is -0.337 e. The summed E-state index contributed by atoms with van der Waals surface area (Å²) < 4.78 is 53.7. The van der Waals surface area contributed by atoms with Crippen molar-refractivity contribution in [1.82, 2.24) is 9.21 Å². The normalized spacial score (nSPS) is 16.0. The number of carbonyl (C=O) groups is 1. The van der Waals surface area contributed by atoms with E-state index in [1.165, 1.54) is 41.3 Å². The van der Waals surface area contributed by atoms with Crippen LogP contribution in [0.1, 0.15) is 5.56 Å². The van der Waals surface area contributed by atoms with E-state index in [1.807, 2.05) is 0 Å². The van der Waals surface area contributed by atoms with Gasteiger partial charge >= 0.3 is 0 Å². The second-order valence-electron chi connectivity index (χ2n) is 6.01. The summed E-state index contributed by atoms with van der Waals surface area (Å²) in [5.41, 5.74) is 0.298. The molecule has 1 aliphatic heterocycles. The first-order chi connectivity index (χ1) is 12.9. The number of carbonyl (C=O) groups excluding carboxylic acids is 1. The number of benzene rings is 2. The molecule has 0 N–H and O–H groups in total. The third kappa shape index (κ3) is 4.23. The van der Waals surface area contributed by atoms with Crippen molar-refractivity contribution in [2.45, 2.75) is 4.90 Å². The van der Waals surface area contributed by atoms with E-state index in [-0.39, 0.29) is 37.0 Å². The lowest BCUT2D eigenvalue weighted by Gasteiger charge is -2.33. The molecule has 2 aromatic rings. The van der Waals surface area contributed by atoms with Crippen molar-refractivity contribution in [3.63, 3.8) is 0 Å². The van der Waals surface area contributed by atoms with E-state index >= 15 is 0 Å². The summed E-state index contributed by atoms with van der Waals surface area (Å²) in [7, 11) is -3.95. The predicted molar refractivity (Wildman–Crippen MR) is 97.2 cm³/mol. The highest BCUT2D eigenvalue weighted by molar-refractivity contribution is 7.89. The van der Waals surface area contributed by atoms with Gasteiger partial charge in [-0.05, 0) is 24.3 Å². The van der Waals surface area contributed by atoms with E-state index in [1.54, 1.807) is 18.2 Å². The Bertz CT molecular complexity index is 968. The van der Waals surface area contributed by atoms with Gasteiger partial charge in [0.2, 0.25) is 15.9 Å². The number of amides is 1. The summed E-state index contributed by atoms with van der Waals surface area (Å²) in [6, 6.07) is 11.3. The van der Waals surface area contributed by atoms with Crippen LogP contribution in [-0.4, -0.2) is 49.7 Å². The molecule has 2 aromatic carbocycles. The molecule has 1 heterocycles. The molecule has 1 amide bonds. The lowest BCUT2D eigenvalue weighted by atomic mass is 10.2. The van der Waals surface area contributed by atoms with Crippen molar-refractivity contribution < 1.29 is 22.0 Å². The molecule has 3 rings (SSSR count). The third-order valence-corrected chi connectivity index (χ3v) is 6.25. The number of rotatable bonds is 4. The van der Waals surface area contributed by atoms with Gasteiger partial charge in [0, 0.05) is 37.8 Å². The summed E-state index contributed by atoms with van der Waals surface area (Å²) in [6.07, 6.45) is 2.65. The predicted octanol–water partition coefficient (Wildman–Crippen LogP) is 2.51. The number of piperazine rings is 1. The lowest BCUT2D eigenvalue weighted by molar-refractivity contribution is -0.127. The summed E-state index contributed by atoms with van der Waals surface area (Å²) in [4.78, 5) is 13.4. The van der Waals surface area contributed by atoms with E-state index in [4.69, 9.17) is 0 Å². The van der Waals surface area contributed by atoms with Crippen molar-refractivity contribution in [2.24, 2.45) is 0 Å². The smallest absolute Gasteiger partial charge is 0.246 e. The van der Waals surface area contributed by atoms with E-state index in [9.17, 15) is 22.0 Å². The molecule has 8 heteroatoms. The van der Waals surface area contributed by atoms with Gasteiger partial charge in [0.05, 0.1) is 0 Å². The minimum absolute atomic E-state index is 0.0654. The SMILES string of the molecule is O=C(/C=C/c1ccccc1F)N1CCN(S(=O)(=O)c2ccccc2F)CC1. The van der Waals surface area contributed by atoms with Crippen molar-refractivity contribution in [2.75, 3.05) is 26.2 Å².